The minimum atomic E-state index is -1.37. The van der Waals surface area contributed by atoms with E-state index in [9.17, 15) is 9.32 Å². The SMILES string of the molecule is O=S(c1ccc(Cl)cc1Br)N1CCC(O)(CO)C1. The summed E-state index contributed by atoms with van der Waals surface area (Å²) in [7, 11) is -1.37. The summed E-state index contributed by atoms with van der Waals surface area (Å²) in [4.78, 5) is 0.613. The first-order chi connectivity index (χ1) is 8.45. The Morgan fingerprint density at radius 1 is 1.56 bits per heavy atom. The number of β-amino-alcohol motifs (C(OH)–C–C–N with tert-alkyl or cyclic N) is 1. The maximum Gasteiger partial charge on any atom is 0.128 e. The number of hydrogen-bond acceptors (Lipinski definition) is 3. The second-order valence-corrected chi connectivity index (χ2v) is 7.07. The fourth-order valence-corrected chi connectivity index (χ4v) is 4.25. The molecule has 2 rings (SSSR count). The third-order valence-electron chi connectivity index (χ3n) is 2.91. The minimum Gasteiger partial charge on any atom is -0.393 e. The molecule has 100 valence electrons. The molecule has 0 aromatic heterocycles. The molecule has 1 aliphatic heterocycles. The van der Waals surface area contributed by atoms with Crippen molar-refractivity contribution in [3.05, 3.63) is 27.7 Å². The van der Waals surface area contributed by atoms with Crippen LogP contribution in [-0.4, -0.2) is 44.0 Å². The second-order valence-electron chi connectivity index (χ2n) is 4.32. The summed E-state index contributed by atoms with van der Waals surface area (Å²) in [6.45, 7) is 0.367. The van der Waals surface area contributed by atoms with E-state index in [0.29, 0.717) is 27.4 Å². The molecule has 1 aromatic carbocycles. The molecule has 1 fully saturated rings. The number of aliphatic hydroxyl groups is 2. The third kappa shape index (κ3) is 2.95. The van der Waals surface area contributed by atoms with Crippen LogP contribution in [-0.2, 0) is 11.0 Å². The van der Waals surface area contributed by atoms with Crippen LogP contribution in [0.2, 0.25) is 5.02 Å². The lowest BCUT2D eigenvalue weighted by Crippen LogP contribution is -2.37. The van der Waals surface area contributed by atoms with Crippen LogP contribution in [0.1, 0.15) is 6.42 Å². The number of nitrogens with zero attached hydrogens (tertiary/aromatic N) is 1. The number of benzene rings is 1. The molecule has 0 bridgehead atoms. The molecule has 1 saturated heterocycles. The molecule has 0 spiro atoms. The summed E-state index contributed by atoms with van der Waals surface area (Å²) in [5.41, 5.74) is -1.14. The van der Waals surface area contributed by atoms with E-state index in [1.54, 1.807) is 22.5 Å². The van der Waals surface area contributed by atoms with Gasteiger partial charge in [0.2, 0.25) is 0 Å². The minimum absolute atomic E-state index is 0.200. The van der Waals surface area contributed by atoms with Gasteiger partial charge in [0, 0.05) is 22.6 Å². The van der Waals surface area contributed by atoms with Crippen LogP contribution >= 0.6 is 27.5 Å². The molecule has 1 aliphatic rings. The van der Waals surface area contributed by atoms with Gasteiger partial charge < -0.3 is 10.2 Å². The van der Waals surface area contributed by atoms with E-state index in [-0.39, 0.29) is 13.2 Å². The Bertz CT molecular complexity index is 487. The van der Waals surface area contributed by atoms with Crippen LogP contribution in [0.4, 0.5) is 0 Å². The van der Waals surface area contributed by atoms with Crippen LogP contribution < -0.4 is 0 Å². The highest BCUT2D eigenvalue weighted by Gasteiger charge is 2.38. The first kappa shape index (κ1) is 14.4. The monoisotopic (exact) mass is 353 g/mol. The summed E-state index contributed by atoms with van der Waals surface area (Å²) < 4.78 is 14.7. The fraction of sp³-hybridized carbons (Fsp3) is 0.455. The van der Waals surface area contributed by atoms with E-state index in [1.807, 2.05) is 0 Å². The Hall–Kier alpha value is 0.0200. The van der Waals surface area contributed by atoms with Crippen molar-refractivity contribution < 1.29 is 14.4 Å². The predicted molar refractivity (Wildman–Crippen MR) is 73.8 cm³/mol. The van der Waals surface area contributed by atoms with E-state index in [2.05, 4.69) is 15.9 Å². The predicted octanol–water partition coefficient (Wildman–Crippen LogP) is 1.55. The van der Waals surface area contributed by atoms with Gasteiger partial charge in [0.15, 0.2) is 0 Å². The molecule has 4 nitrogen and oxygen atoms in total. The van der Waals surface area contributed by atoms with Crippen molar-refractivity contribution in [2.75, 3.05) is 19.7 Å². The molecule has 0 amide bonds. The summed E-state index contributed by atoms with van der Waals surface area (Å²) in [5.74, 6) is 0. The van der Waals surface area contributed by atoms with Gasteiger partial charge in [0.1, 0.15) is 16.6 Å². The largest absolute Gasteiger partial charge is 0.393 e. The number of halogens is 2. The molecule has 2 unspecified atom stereocenters. The summed E-state index contributed by atoms with van der Waals surface area (Å²) >= 11 is 9.16. The second kappa shape index (κ2) is 5.56. The zero-order valence-corrected chi connectivity index (χ0v) is 12.6. The van der Waals surface area contributed by atoms with Crippen LogP contribution in [0.3, 0.4) is 0 Å². The maximum absolute atomic E-state index is 12.4. The topological polar surface area (TPSA) is 60.8 Å². The van der Waals surface area contributed by atoms with Crippen molar-refractivity contribution in [1.82, 2.24) is 4.31 Å². The van der Waals surface area contributed by atoms with E-state index >= 15 is 0 Å². The van der Waals surface area contributed by atoms with Gasteiger partial charge in [-0.2, -0.15) is 0 Å². The van der Waals surface area contributed by atoms with Crippen LogP contribution in [0.15, 0.2) is 27.6 Å². The Morgan fingerprint density at radius 3 is 2.83 bits per heavy atom. The smallest absolute Gasteiger partial charge is 0.128 e. The zero-order chi connectivity index (χ0) is 13.3. The van der Waals surface area contributed by atoms with Gasteiger partial charge in [0.05, 0.1) is 11.5 Å². The summed E-state index contributed by atoms with van der Waals surface area (Å²) in [6, 6.07) is 5.05. The van der Waals surface area contributed by atoms with E-state index in [4.69, 9.17) is 16.7 Å². The van der Waals surface area contributed by atoms with Gasteiger partial charge in [-0.25, -0.2) is 8.51 Å². The highest BCUT2D eigenvalue weighted by molar-refractivity contribution is 9.10. The molecule has 7 heteroatoms. The van der Waals surface area contributed by atoms with E-state index in [1.165, 1.54) is 0 Å². The first-order valence-corrected chi connectivity index (χ1v) is 7.68. The van der Waals surface area contributed by atoms with Crippen LogP contribution in [0, 0.1) is 0 Å². The van der Waals surface area contributed by atoms with Crippen molar-refractivity contribution in [2.24, 2.45) is 0 Å². The number of hydrogen-bond donors (Lipinski definition) is 2. The number of rotatable bonds is 3. The molecule has 0 aliphatic carbocycles. The Balaban J connectivity index is 2.18. The average Bonchev–Trinajstić information content (AvgIpc) is 2.72. The Kier molecular flexibility index (Phi) is 4.46. The molecule has 2 N–H and O–H groups in total. The van der Waals surface area contributed by atoms with Gasteiger partial charge in [-0.05, 0) is 40.5 Å². The van der Waals surface area contributed by atoms with Crippen molar-refractivity contribution >= 4 is 38.5 Å². The van der Waals surface area contributed by atoms with Crippen molar-refractivity contribution in [1.29, 1.82) is 0 Å². The molecule has 0 radical (unpaired) electrons. The van der Waals surface area contributed by atoms with Crippen LogP contribution in [0.25, 0.3) is 0 Å². The summed E-state index contributed by atoms with van der Waals surface area (Å²) in [5, 5.41) is 19.6. The average molecular weight is 355 g/mol. The molecule has 18 heavy (non-hydrogen) atoms. The lowest BCUT2D eigenvalue weighted by molar-refractivity contribution is -0.000503. The number of aliphatic hydroxyl groups excluding tert-OH is 1. The van der Waals surface area contributed by atoms with Crippen molar-refractivity contribution in [3.8, 4) is 0 Å². The van der Waals surface area contributed by atoms with Gasteiger partial charge in [0.25, 0.3) is 0 Å². The lowest BCUT2D eigenvalue weighted by atomic mass is 10.1. The standard InChI is InChI=1S/C11H13BrClNO3S/c12-9-5-8(13)1-2-10(9)18(17)14-4-3-11(16,6-14)7-15/h1-2,5,15-16H,3-4,6-7H2. The normalized spacial score (nSPS) is 26.4. The highest BCUT2D eigenvalue weighted by atomic mass is 79.9. The molecule has 1 heterocycles. The van der Waals surface area contributed by atoms with Gasteiger partial charge >= 0.3 is 0 Å². The summed E-state index contributed by atoms with van der Waals surface area (Å²) in [6.07, 6.45) is 0.417. The first-order valence-electron chi connectivity index (χ1n) is 5.40. The third-order valence-corrected chi connectivity index (χ3v) is 5.57. The van der Waals surface area contributed by atoms with Gasteiger partial charge in [-0.1, -0.05) is 11.6 Å². The highest BCUT2D eigenvalue weighted by Crippen LogP contribution is 2.29. The zero-order valence-electron chi connectivity index (χ0n) is 9.47. The fourth-order valence-electron chi connectivity index (χ4n) is 1.85. The van der Waals surface area contributed by atoms with Gasteiger partial charge in [-0.15, -0.1) is 0 Å². The Labute approximate surface area is 121 Å². The van der Waals surface area contributed by atoms with Crippen molar-refractivity contribution in [2.45, 2.75) is 16.9 Å². The molecular formula is C11H13BrClNO3S. The molecule has 1 aromatic rings. The van der Waals surface area contributed by atoms with Crippen molar-refractivity contribution in [3.63, 3.8) is 0 Å². The van der Waals surface area contributed by atoms with E-state index < -0.39 is 16.6 Å². The molecular weight excluding hydrogens is 342 g/mol. The molecule has 0 saturated carbocycles. The Morgan fingerprint density at radius 2 is 2.28 bits per heavy atom. The van der Waals surface area contributed by atoms with Crippen LogP contribution in [0.5, 0.6) is 0 Å². The quantitative estimate of drug-likeness (QED) is 0.866. The lowest BCUT2D eigenvalue weighted by Gasteiger charge is -2.20. The molecule has 2 atom stereocenters. The maximum atomic E-state index is 12.4. The van der Waals surface area contributed by atoms with E-state index in [0.717, 1.165) is 0 Å². The van der Waals surface area contributed by atoms with Gasteiger partial charge in [-0.3, -0.25) is 0 Å².